The van der Waals surface area contributed by atoms with Crippen LogP contribution in [-0.4, -0.2) is 55.9 Å². The lowest BCUT2D eigenvalue weighted by Gasteiger charge is -2.48. The average Bonchev–Trinajstić information content (AvgIpc) is 3.26. The zero-order chi connectivity index (χ0) is 24.4. The summed E-state index contributed by atoms with van der Waals surface area (Å²) in [6.07, 6.45) is 7.62. The van der Waals surface area contributed by atoms with Gasteiger partial charge in [-0.3, -0.25) is 10.1 Å². The first-order valence-electron chi connectivity index (χ1n) is 12.8. The third-order valence-electron chi connectivity index (χ3n) is 7.28. The van der Waals surface area contributed by atoms with Gasteiger partial charge in [-0.15, -0.1) is 0 Å². The van der Waals surface area contributed by atoms with E-state index in [1.165, 1.54) is 0 Å². The van der Waals surface area contributed by atoms with E-state index in [1.807, 2.05) is 36.1 Å². The minimum Gasteiger partial charge on any atom is -0.449 e. The van der Waals surface area contributed by atoms with Gasteiger partial charge in [-0.25, -0.2) is 9.78 Å². The Morgan fingerprint density at radius 3 is 2.77 bits per heavy atom. The van der Waals surface area contributed by atoms with Crippen LogP contribution in [0.1, 0.15) is 58.1 Å². The van der Waals surface area contributed by atoms with E-state index in [0.29, 0.717) is 18.3 Å². The first-order chi connectivity index (χ1) is 17.0. The second-order valence-corrected chi connectivity index (χ2v) is 10.0. The van der Waals surface area contributed by atoms with Gasteiger partial charge in [-0.2, -0.15) is 5.10 Å². The quantitative estimate of drug-likeness (QED) is 0.419. The number of aryl methyl sites for hydroxylation is 1. The normalized spacial score (nSPS) is 22.6. The molecule has 2 bridgehead atoms. The molecule has 2 unspecified atom stereocenters. The number of aromatic nitrogens is 4. The molecular weight excluding hydrogens is 442 g/mol. The lowest BCUT2D eigenvalue weighted by Crippen LogP contribution is -2.57. The van der Waals surface area contributed by atoms with Crippen LogP contribution in [-0.2, 0) is 4.74 Å². The number of hydrogen-bond donors (Lipinski definition) is 3. The predicted octanol–water partition coefficient (Wildman–Crippen LogP) is 5.39. The topological polar surface area (TPSA) is 108 Å². The number of hydrogen-bond acceptors (Lipinski definition) is 7. The molecular formula is C26H35N7O2. The van der Waals surface area contributed by atoms with Crippen LogP contribution < -0.4 is 10.6 Å². The van der Waals surface area contributed by atoms with Gasteiger partial charge in [0.2, 0.25) is 0 Å². The number of piperidine rings is 2. The molecule has 35 heavy (non-hydrogen) atoms. The molecule has 2 aliphatic heterocycles. The Balaban J connectivity index is 1.33. The summed E-state index contributed by atoms with van der Waals surface area (Å²) in [6.45, 7) is 6.69. The Labute approximate surface area is 206 Å². The van der Waals surface area contributed by atoms with Gasteiger partial charge in [0.05, 0.1) is 12.1 Å². The number of amides is 1. The van der Waals surface area contributed by atoms with E-state index in [2.05, 4.69) is 39.7 Å². The number of aromatic amines is 1. The first kappa shape index (κ1) is 23.4. The zero-order valence-corrected chi connectivity index (χ0v) is 20.8. The predicted molar refractivity (Wildman–Crippen MR) is 137 cm³/mol. The van der Waals surface area contributed by atoms with Gasteiger partial charge < -0.3 is 20.3 Å². The molecule has 9 nitrogen and oxygen atoms in total. The van der Waals surface area contributed by atoms with Crippen LogP contribution in [0.4, 0.5) is 22.2 Å². The minimum atomic E-state index is -0.147. The van der Waals surface area contributed by atoms with Crippen LogP contribution in [0.3, 0.4) is 0 Å². The molecule has 9 heteroatoms. The summed E-state index contributed by atoms with van der Waals surface area (Å²) in [4.78, 5) is 24.4. The second kappa shape index (κ2) is 10.1. The van der Waals surface area contributed by atoms with Crippen LogP contribution in [0, 0.1) is 12.8 Å². The highest BCUT2D eigenvalue weighted by molar-refractivity contribution is 5.91. The van der Waals surface area contributed by atoms with Crippen molar-refractivity contribution >= 4 is 34.4 Å². The lowest BCUT2D eigenvalue weighted by atomic mass is 9.82. The van der Waals surface area contributed by atoms with Crippen molar-refractivity contribution in [2.24, 2.45) is 5.92 Å². The molecule has 3 N–H and O–H groups in total. The average molecular weight is 478 g/mol. The van der Waals surface area contributed by atoms with E-state index in [4.69, 9.17) is 9.72 Å². The Morgan fingerprint density at radius 2 is 2.06 bits per heavy atom. The van der Waals surface area contributed by atoms with Gasteiger partial charge in [0.1, 0.15) is 11.6 Å². The molecule has 3 aromatic rings. The van der Waals surface area contributed by atoms with Crippen LogP contribution in [0.25, 0.3) is 10.9 Å². The maximum absolute atomic E-state index is 12.9. The highest BCUT2D eigenvalue weighted by Crippen LogP contribution is 2.36. The molecule has 0 saturated carbocycles. The van der Waals surface area contributed by atoms with Crippen LogP contribution in [0.5, 0.6) is 0 Å². The van der Waals surface area contributed by atoms with E-state index >= 15 is 0 Å². The Kier molecular flexibility index (Phi) is 6.74. The van der Waals surface area contributed by atoms with Gasteiger partial charge in [0, 0.05) is 47.5 Å². The van der Waals surface area contributed by atoms with E-state index in [-0.39, 0.29) is 24.2 Å². The fraction of sp³-hybridized carbons (Fsp3) is 0.538. The number of carbonyl (C=O) groups is 1. The fourth-order valence-electron chi connectivity index (χ4n) is 5.26. The van der Waals surface area contributed by atoms with Gasteiger partial charge in [0.15, 0.2) is 5.82 Å². The minimum absolute atomic E-state index is 0.147. The Hall–Kier alpha value is -3.36. The van der Waals surface area contributed by atoms with Gasteiger partial charge in [-0.1, -0.05) is 20.3 Å². The summed E-state index contributed by atoms with van der Waals surface area (Å²) in [7, 11) is 0. The SMILES string of the molecule is CCC(C)COC(=O)N1[C@@H]2CCC[C@H]1CC(Nc1nc(Nc3cc(C)[nH]n3)cc3ncccc13)C2. The molecule has 1 amide bonds. The summed E-state index contributed by atoms with van der Waals surface area (Å²) in [6, 6.07) is 8.47. The molecule has 0 radical (unpaired) electrons. The zero-order valence-electron chi connectivity index (χ0n) is 20.8. The van der Waals surface area contributed by atoms with Crippen molar-refractivity contribution in [3.8, 4) is 0 Å². The summed E-state index contributed by atoms with van der Waals surface area (Å²) in [5.41, 5.74) is 1.84. The standard InChI is InChI=1S/C26H35N7O2/c1-4-16(2)15-35-26(34)33-19-7-5-8-20(33)13-18(12-19)28-25-21-9-6-10-27-22(21)14-23(30-25)29-24-11-17(3)31-32-24/h6,9-11,14,16,18-20H,4-5,7-8,12-13,15H2,1-3H3,(H3,28,29,30,31,32)/t16?,18?,19-,20+. The number of fused-ring (bicyclic) bond motifs is 3. The van der Waals surface area contributed by atoms with E-state index in [9.17, 15) is 4.79 Å². The highest BCUT2D eigenvalue weighted by Gasteiger charge is 2.42. The first-order valence-corrected chi connectivity index (χ1v) is 12.8. The molecule has 5 rings (SSSR count). The van der Waals surface area contributed by atoms with Crippen molar-refractivity contribution in [1.29, 1.82) is 0 Å². The maximum Gasteiger partial charge on any atom is 0.410 e. The number of pyridine rings is 2. The summed E-state index contributed by atoms with van der Waals surface area (Å²) < 4.78 is 5.68. The van der Waals surface area contributed by atoms with Gasteiger partial charge in [0.25, 0.3) is 0 Å². The number of H-pyrrole nitrogens is 1. The van der Waals surface area contributed by atoms with Crippen LogP contribution >= 0.6 is 0 Å². The van der Waals surface area contributed by atoms with Crippen molar-refractivity contribution in [2.45, 2.75) is 77.4 Å². The van der Waals surface area contributed by atoms with E-state index in [1.54, 1.807) is 6.20 Å². The van der Waals surface area contributed by atoms with Crippen molar-refractivity contribution in [2.75, 3.05) is 17.2 Å². The van der Waals surface area contributed by atoms with Crippen LogP contribution in [0.15, 0.2) is 30.5 Å². The number of anilines is 3. The van der Waals surface area contributed by atoms with E-state index in [0.717, 1.165) is 66.8 Å². The third-order valence-corrected chi connectivity index (χ3v) is 7.28. The molecule has 0 aliphatic carbocycles. The maximum atomic E-state index is 12.9. The summed E-state index contributed by atoms with van der Waals surface area (Å²) in [5.74, 6) is 2.60. The van der Waals surface area contributed by atoms with Gasteiger partial charge in [-0.05, 0) is 57.1 Å². The van der Waals surface area contributed by atoms with Crippen molar-refractivity contribution < 1.29 is 9.53 Å². The van der Waals surface area contributed by atoms with E-state index < -0.39 is 0 Å². The Morgan fingerprint density at radius 1 is 1.26 bits per heavy atom. The molecule has 0 aromatic carbocycles. The summed E-state index contributed by atoms with van der Waals surface area (Å²) in [5, 5.41) is 15.2. The molecule has 186 valence electrons. The fourth-order valence-corrected chi connectivity index (χ4v) is 5.26. The number of rotatable bonds is 7. The molecule has 4 atom stereocenters. The monoisotopic (exact) mass is 477 g/mol. The Bertz CT molecular complexity index is 1170. The van der Waals surface area contributed by atoms with Crippen molar-refractivity contribution in [3.63, 3.8) is 0 Å². The number of ether oxygens (including phenoxy) is 1. The highest BCUT2D eigenvalue weighted by atomic mass is 16.6. The largest absolute Gasteiger partial charge is 0.449 e. The molecule has 0 spiro atoms. The number of nitrogens with zero attached hydrogens (tertiary/aromatic N) is 4. The third kappa shape index (κ3) is 5.18. The molecule has 3 aromatic heterocycles. The number of nitrogens with one attached hydrogen (secondary N) is 3. The number of carbonyl (C=O) groups excluding carboxylic acids is 1. The smallest absolute Gasteiger partial charge is 0.410 e. The van der Waals surface area contributed by atoms with Gasteiger partial charge >= 0.3 is 6.09 Å². The van der Waals surface area contributed by atoms with Crippen molar-refractivity contribution in [3.05, 3.63) is 36.2 Å². The molecule has 2 saturated heterocycles. The van der Waals surface area contributed by atoms with Crippen LogP contribution in [0.2, 0.25) is 0 Å². The molecule has 5 heterocycles. The van der Waals surface area contributed by atoms with Crippen molar-refractivity contribution in [1.82, 2.24) is 25.1 Å². The lowest BCUT2D eigenvalue weighted by molar-refractivity contribution is 0.0147. The second-order valence-electron chi connectivity index (χ2n) is 10.0. The summed E-state index contributed by atoms with van der Waals surface area (Å²) >= 11 is 0. The molecule has 2 fully saturated rings. The molecule has 2 aliphatic rings.